The van der Waals surface area contributed by atoms with Gasteiger partial charge in [0, 0.05) is 23.2 Å². The van der Waals surface area contributed by atoms with E-state index in [4.69, 9.17) is 11.6 Å². The van der Waals surface area contributed by atoms with Crippen LogP contribution in [0.4, 0.5) is 10.1 Å². The van der Waals surface area contributed by atoms with Gasteiger partial charge in [-0.25, -0.2) is 12.8 Å². The van der Waals surface area contributed by atoms with E-state index in [1.807, 2.05) is 0 Å². The summed E-state index contributed by atoms with van der Waals surface area (Å²) in [6.07, 6.45) is 0.983. The molecule has 0 bridgehead atoms. The van der Waals surface area contributed by atoms with Gasteiger partial charge < -0.3 is 10.2 Å². The average Bonchev–Trinajstić information content (AvgIpc) is 2.71. The summed E-state index contributed by atoms with van der Waals surface area (Å²) < 4.78 is 40.5. The number of carbonyl (C=O) groups excluding carboxylic acids is 2. The van der Waals surface area contributed by atoms with E-state index in [1.165, 1.54) is 36.1 Å². The molecule has 0 aromatic heterocycles. The topological polar surface area (TPSA) is 86.8 Å². The summed E-state index contributed by atoms with van der Waals surface area (Å²) in [5, 5.41) is 3.04. The zero-order chi connectivity index (χ0) is 24.9. The SMILES string of the molecule is Cc1ccc(Cl)cc1N(CC(=O)N(Cc1ccccc1F)C(C)C(=O)NC(C)C)S(C)(=O)=O. The highest BCUT2D eigenvalue weighted by Gasteiger charge is 2.31. The Bertz CT molecular complexity index is 1120. The summed E-state index contributed by atoms with van der Waals surface area (Å²) in [6, 6.07) is 9.50. The predicted molar refractivity (Wildman–Crippen MR) is 128 cm³/mol. The maximum Gasteiger partial charge on any atom is 0.244 e. The van der Waals surface area contributed by atoms with E-state index >= 15 is 0 Å². The molecule has 0 saturated heterocycles. The van der Waals surface area contributed by atoms with Crippen LogP contribution in [0.15, 0.2) is 42.5 Å². The minimum Gasteiger partial charge on any atom is -0.352 e. The summed E-state index contributed by atoms with van der Waals surface area (Å²) in [7, 11) is -3.88. The van der Waals surface area contributed by atoms with E-state index in [0.717, 1.165) is 10.6 Å². The molecule has 2 rings (SSSR count). The molecule has 0 aliphatic heterocycles. The number of nitrogens with one attached hydrogen (secondary N) is 1. The molecule has 2 aromatic carbocycles. The van der Waals surface area contributed by atoms with Gasteiger partial charge >= 0.3 is 0 Å². The van der Waals surface area contributed by atoms with E-state index < -0.39 is 40.2 Å². The number of hydrogen-bond donors (Lipinski definition) is 1. The molecule has 7 nitrogen and oxygen atoms in total. The zero-order valence-electron chi connectivity index (χ0n) is 19.3. The molecule has 0 spiro atoms. The third-order valence-corrected chi connectivity index (χ3v) is 6.38. The highest BCUT2D eigenvalue weighted by molar-refractivity contribution is 7.92. The van der Waals surface area contributed by atoms with Crippen molar-refractivity contribution in [2.45, 2.75) is 46.3 Å². The van der Waals surface area contributed by atoms with Crippen molar-refractivity contribution in [3.05, 3.63) is 64.4 Å². The quantitative estimate of drug-likeness (QED) is 0.574. The van der Waals surface area contributed by atoms with Crippen molar-refractivity contribution < 1.29 is 22.4 Å². The Morgan fingerprint density at radius 2 is 1.76 bits per heavy atom. The van der Waals surface area contributed by atoms with Crippen LogP contribution >= 0.6 is 11.6 Å². The van der Waals surface area contributed by atoms with Gasteiger partial charge in [-0.05, 0) is 51.5 Å². The van der Waals surface area contributed by atoms with Crippen molar-refractivity contribution in [2.75, 3.05) is 17.1 Å². The lowest BCUT2D eigenvalue weighted by Crippen LogP contribution is -2.52. The molecule has 10 heteroatoms. The molecule has 0 aliphatic rings. The normalized spacial score (nSPS) is 12.4. The molecule has 0 aliphatic carbocycles. The summed E-state index contributed by atoms with van der Waals surface area (Å²) >= 11 is 6.06. The third kappa shape index (κ3) is 7.17. The lowest BCUT2D eigenvalue weighted by Gasteiger charge is -2.32. The fourth-order valence-corrected chi connectivity index (χ4v) is 4.31. The van der Waals surface area contributed by atoms with Gasteiger partial charge in [-0.3, -0.25) is 13.9 Å². The first-order valence-corrected chi connectivity index (χ1v) is 12.6. The maximum absolute atomic E-state index is 14.3. The van der Waals surface area contributed by atoms with Gasteiger partial charge in [0.2, 0.25) is 21.8 Å². The molecule has 0 fully saturated rings. The van der Waals surface area contributed by atoms with Gasteiger partial charge in [0.25, 0.3) is 0 Å². The lowest BCUT2D eigenvalue weighted by molar-refractivity contribution is -0.139. The van der Waals surface area contributed by atoms with E-state index in [0.29, 0.717) is 10.6 Å². The molecule has 0 heterocycles. The molecule has 2 aromatic rings. The van der Waals surface area contributed by atoms with Gasteiger partial charge in [0.1, 0.15) is 18.4 Å². The summed E-state index contributed by atoms with van der Waals surface area (Å²) in [6.45, 7) is 6.00. The van der Waals surface area contributed by atoms with Crippen LogP contribution in [0.1, 0.15) is 31.9 Å². The Balaban J connectivity index is 2.45. The minimum atomic E-state index is -3.88. The number of sulfonamides is 1. The second-order valence-corrected chi connectivity index (χ2v) is 10.5. The number of halogens is 2. The molecule has 1 unspecified atom stereocenters. The molecule has 33 heavy (non-hydrogen) atoms. The number of amides is 2. The van der Waals surface area contributed by atoms with Crippen LogP contribution in [-0.4, -0.2) is 50.0 Å². The van der Waals surface area contributed by atoms with Crippen LogP contribution in [-0.2, 0) is 26.2 Å². The molecule has 1 N–H and O–H groups in total. The van der Waals surface area contributed by atoms with Crippen molar-refractivity contribution in [1.29, 1.82) is 0 Å². The average molecular weight is 498 g/mol. The number of rotatable bonds is 9. The van der Waals surface area contributed by atoms with E-state index in [2.05, 4.69) is 5.32 Å². The fourth-order valence-electron chi connectivity index (χ4n) is 3.24. The van der Waals surface area contributed by atoms with Crippen molar-refractivity contribution >= 4 is 39.1 Å². The van der Waals surface area contributed by atoms with Gasteiger partial charge in [-0.2, -0.15) is 0 Å². The molecular weight excluding hydrogens is 469 g/mol. The summed E-state index contributed by atoms with van der Waals surface area (Å²) in [5.41, 5.74) is 1.06. The second kappa shape index (κ2) is 11.0. The lowest BCUT2D eigenvalue weighted by atomic mass is 10.1. The van der Waals surface area contributed by atoms with E-state index in [-0.39, 0.29) is 23.8 Å². The Morgan fingerprint density at radius 3 is 2.33 bits per heavy atom. The van der Waals surface area contributed by atoms with Crippen LogP contribution < -0.4 is 9.62 Å². The second-order valence-electron chi connectivity index (χ2n) is 8.15. The molecule has 0 saturated carbocycles. The molecule has 180 valence electrons. The van der Waals surface area contributed by atoms with Gasteiger partial charge in [0.05, 0.1) is 11.9 Å². The summed E-state index contributed by atoms with van der Waals surface area (Å²) in [5.74, 6) is -1.62. The Labute approximate surface area is 199 Å². The smallest absolute Gasteiger partial charge is 0.244 e. The number of anilines is 1. The highest BCUT2D eigenvalue weighted by atomic mass is 35.5. The van der Waals surface area contributed by atoms with Crippen LogP contribution in [0.3, 0.4) is 0 Å². The molecule has 1 atom stereocenters. The van der Waals surface area contributed by atoms with E-state index in [9.17, 15) is 22.4 Å². The monoisotopic (exact) mass is 497 g/mol. The Morgan fingerprint density at radius 1 is 1.12 bits per heavy atom. The summed E-state index contributed by atoms with van der Waals surface area (Å²) in [4.78, 5) is 27.3. The minimum absolute atomic E-state index is 0.174. The van der Waals surface area contributed by atoms with Crippen molar-refractivity contribution in [3.63, 3.8) is 0 Å². The molecular formula is C23H29ClFN3O4S. The number of carbonyl (C=O) groups is 2. The fraction of sp³-hybridized carbons (Fsp3) is 0.391. The Hall–Kier alpha value is -2.65. The first-order valence-electron chi connectivity index (χ1n) is 10.4. The van der Waals surface area contributed by atoms with Gasteiger partial charge in [0.15, 0.2) is 0 Å². The number of aryl methyl sites for hydroxylation is 1. The van der Waals surface area contributed by atoms with E-state index in [1.54, 1.807) is 39.0 Å². The largest absolute Gasteiger partial charge is 0.352 e. The van der Waals surface area contributed by atoms with Gasteiger partial charge in [-0.15, -0.1) is 0 Å². The Kier molecular flexibility index (Phi) is 8.85. The van der Waals surface area contributed by atoms with Crippen LogP contribution in [0.25, 0.3) is 0 Å². The highest BCUT2D eigenvalue weighted by Crippen LogP contribution is 2.27. The van der Waals surface area contributed by atoms with Crippen LogP contribution in [0, 0.1) is 12.7 Å². The third-order valence-electron chi connectivity index (χ3n) is 5.02. The maximum atomic E-state index is 14.3. The molecule has 2 amide bonds. The number of hydrogen-bond acceptors (Lipinski definition) is 4. The van der Waals surface area contributed by atoms with Gasteiger partial charge in [-0.1, -0.05) is 35.9 Å². The predicted octanol–water partition coefficient (Wildman–Crippen LogP) is 3.50. The van der Waals surface area contributed by atoms with Crippen molar-refractivity contribution in [1.82, 2.24) is 10.2 Å². The first-order chi connectivity index (χ1) is 15.3. The van der Waals surface area contributed by atoms with Crippen LogP contribution in [0.5, 0.6) is 0 Å². The zero-order valence-corrected chi connectivity index (χ0v) is 20.9. The first kappa shape index (κ1) is 26.6. The number of benzene rings is 2. The molecule has 0 radical (unpaired) electrons. The van der Waals surface area contributed by atoms with Crippen LogP contribution in [0.2, 0.25) is 5.02 Å². The van der Waals surface area contributed by atoms with Crippen molar-refractivity contribution in [3.8, 4) is 0 Å². The standard InChI is InChI=1S/C23H29ClFN3O4S/c1-15(2)26-23(30)17(4)27(13-18-8-6-7-9-20(18)25)22(29)14-28(33(5,31)32)21-12-19(24)11-10-16(21)3/h6-12,15,17H,13-14H2,1-5H3,(H,26,30). The number of nitrogens with zero attached hydrogens (tertiary/aromatic N) is 2. The van der Waals surface area contributed by atoms with Crippen molar-refractivity contribution in [2.24, 2.45) is 0 Å².